The van der Waals surface area contributed by atoms with Crippen LogP contribution in [0.2, 0.25) is 0 Å². The lowest BCUT2D eigenvalue weighted by molar-refractivity contribution is 0.0517. The van der Waals surface area contributed by atoms with Crippen LogP contribution in [0.5, 0.6) is 0 Å². The minimum atomic E-state index is -0.380. The van der Waals surface area contributed by atoms with E-state index >= 15 is 0 Å². The van der Waals surface area contributed by atoms with Crippen molar-refractivity contribution in [3.8, 4) is 0 Å². The van der Waals surface area contributed by atoms with Gasteiger partial charge in [-0.25, -0.2) is 4.79 Å². The molecule has 1 aromatic heterocycles. The molecule has 0 fully saturated rings. The van der Waals surface area contributed by atoms with Gasteiger partial charge in [0.25, 0.3) is 0 Å². The van der Waals surface area contributed by atoms with Gasteiger partial charge in [-0.05, 0) is 19.4 Å². The van der Waals surface area contributed by atoms with Gasteiger partial charge in [-0.15, -0.1) is 0 Å². The van der Waals surface area contributed by atoms with Crippen molar-refractivity contribution in [1.82, 2.24) is 14.7 Å². The van der Waals surface area contributed by atoms with Crippen LogP contribution in [-0.4, -0.2) is 47.0 Å². The summed E-state index contributed by atoms with van der Waals surface area (Å²) in [5, 5.41) is 4.23. The summed E-state index contributed by atoms with van der Waals surface area (Å²) >= 11 is 0. The summed E-state index contributed by atoms with van der Waals surface area (Å²) in [6.45, 7) is 4.06. The Balaban J connectivity index is 2.02. The summed E-state index contributed by atoms with van der Waals surface area (Å²) < 4.78 is 18.8. The molecule has 0 amide bonds. The first-order valence-electron chi connectivity index (χ1n) is 6.26. The molecular weight excluding hydrogens is 237 g/mol. The molecular formula is C12H18FN3O2. The van der Waals surface area contributed by atoms with E-state index in [0.717, 1.165) is 25.2 Å². The molecule has 0 saturated heterocycles. The van der Waals surface area contributed by atoms with Gasteiger partial charge in [-0.2, -0.15) is 5.10 Å². The molecule has 0 aromatic carbocycles. The van der Waals surface area contributed by atoms with Crippen LogP contribution in [0, 0.1) is 0 Å². The maximum atomic E-state index is 12.1. The number of carbonyl (C=O) groups is 1. The smallest absolute Gasteiger partial charge is 0.358 e. The number of aromatic nitrogens is 2. The predicted molar refractivity (Wildman–Crippen MR) is 64.1 cm³/mol. The Labute approximate surface area is 106 Å². The number of carbonyl (C=O) groups excluding carboxylic acids is 1. The van der Waals surface area contributed by atoms with Gasteiger partial charge in [0.05, 0.1) is 20.0 Å². The molecule has 0 radical (unpaired) electrons. The van der Waals surface area contributed by atoms with Crippen molar-refractivity contribution in [2.24, 2.45) is 0 Å². The van der Waals surface area contributed by atoms with E-state index in [1.54, 1.807) is 17.7 Å². The first-order valence-corrected chi connectivity index (χ1v) is 6.26. The number of esters is 1. The first kappa shape index (κ1) is 13.0. The van der Waals surface area contributed by atoms with Crippen molar-refractivity contribution in [2.45, 2.75) is 26.4 Å². The van der Waals surface area contributed by atoms with Gasteiger partial charge in [-0.3, -0.25) is 14.0 Å². The molecule has 6 heteroatoms. The van der Waals surface area contributed by atoms with Gasteiger partial charge in [-0.1, -0.05) is 0 Å². The Bertz CT molecular complexity index is 419. The Kier molecular flexibility index (Phi) is 4.30. The van der Waals surface area contributed by atoms with Crippen LogP contribution in [0.4, 0.5) is 4.39 Å². The minimum Gasteiger partial charge on any atom is -0.461 e. The number of ether oxygens (including phenoxy) is 1. The Hall–Kier alpha value is -1.43. The third-order valence-electron chi connectivity index (χ3n) is 2.97. The van der Waals surface area contributed by atoms with Crippen LogP contribution < -0.4 is 0 Å². The highest BCUT2D eigenvalue weighted by molar-refractivity contribution is 5.87. The third-order valence-corrected chi connectivity index (χ3v) is 2.97. The lowest BCUT2D eigenvalue weighted by atomic mass is 10.2. The number of fused-ring (bicyclic) bond motifs is 1. The van der Waals surface area contributed by atoms with Gasteiger partial charge >= 0.3 is 5.97 Å². The van der Waals surface area contributed by atoms with Crippen molar-refractivity contribution in [1.29, 1.82) is 0 Å². The molecule has 0 atom stereocenters. The van der Waals surface area contributed by atoms with E-state index in [9.17, 15) is 9.18 Å². The third kappa shape index (κ3) is 2.87. The Morgan fingerprint density at radius 2 is 2.44 bits per heavy atom. The number of halogens is 1. The fourth-order valence-corrected chi connectivity index (χ4v) is 2.08. The quantitative estimate of drug-likeness (QED) is 0.743. The topological polar surface area (TPSA) is 47.4 Å². The zero-order chi connectivity index (χ0) is 13.0. The zero-order valence-corrected chi connectivity index (χ0v) is 10.6. The second-order valence-corrected chi connectivity index (χ2v) is 4.29. The normalized spacial score (nSPS) is 15.4. The summed E-state index contributed by atoms with van der Waals surface area (Å²) in [5.74, 6) is -0.380. The van der Waals surface area contributed by atoms with Crippen LogP contribution in [-0.2, 0) is 17.8 Å². The monoisotopic (exact) mass is 255 g/mol. The standard InChI is InChI=1S/C12H18FN3O2/c1-2-18-12(17)11-8-10-4-7-15(6-3-5-13)9-16(10)14-11/h8H,2-7,9H2,1H3. The van der Waals surface area contributed by atoms with Crippen LogP contribution in [0.3, 0.4) is 0 Å². The molecule has 5 nitrogen and oxygen atoms in total. The minimum absolute atomic E-state index is 0.295. The Morgan fingerprint density at radius 3 is 3.17 bits per heavy atom. The molecule has 1 aliphatic heterocycles. The lowest BCUT2D eigenvalue weighted by Crippen LogP contribution is -2.35. The molecule has 2 rings (SSSR count). The summed E-state index contributed by atoms with van der Waals surface area (Å²) in [6, 6.07) is 1.78. The van der Waals surface area contributed by atoms with E-state index in [2.05, 4.69) is 10.00 Å². The molecule has 1 aromatic rings. The number of hydrogen-bond donors (Lipinski definition) is 0. The van der Waals surface area contributed by atoms with E-state index in [1.807, 2.05) is 0 Å². The van der Waals surface area contributed by atoms with Crippen LogP contribution in [0.15, 0.2) is 6.07 Å². The molecule has 0 aliphatic carbocycles. The molecule has 0 unspecified atom stereocenters. The summed E-state index contributed by atoms with van der Waals surface area (Å²) in [5.41, 5.74) is 1.40. The second-order valence-electron chi connectivity index (χ2n) is 4.29. The highest BCUT2D eigenvalue weighted by atomic mass is 19.1. The van der Waals surface area contributed by atoms with Gasteiger partial charge in [0.1, 0.15) is 0 Å². The average molecular weight is 255 g/mol. The zero-order valence-electron chi connectivity index (χ0n) is 10.6. The largest absolute Gasteiger partial charge is 0.461 e. The van der Waals surface area contributed by atoms with Crippen LogP contribution in [0.25, 0.3) is 0 Å². The maximum absolute atomic E-state index is 12.1. The summed E-state index contributed by atoms with van der Waals surface area (Å²) in [6.07, 6.45) is 1.38. The van der Waals surface area contributed by atoms with Gasteiger partial charge in [0, 0.05) is 25.2 Å². The van der Waals surface area contributed by atoms with Crippen LogP contribution >= 0.6 is 0 Å². The number of alkyl halides is 1. The fourth-order valence-electron chi connectivity index (χ4n) is 2.08. The highest BCUT2D eigenvalue weighted by Gasteiger charge is 2.20. The van der Waals surface area contributed by atoms with E-state index in [0.29, 0.717) is 25.4 Å². The van der Waals surface area contributed by atoms with Crippen LogP contribution in [0.1, 0.15) is 29.5 Å². The van der Waals surface area contributed by atoms with Gasteiger partial charge in [0.2, 0.25) is 0 Å². The predicted octanol–water partition coefficient (Wildman–Crippen LogP) is 1.24. The van der Waals surface area contributed by atoms with Gasteiger partial charge < -0.3 is 4.74 Å². The average Bonchev–Trinajstić information content (AvgIpc) is 2.79. The molecule has 0 N–H and O–H groups in total. The number of hydrogen-bond acceptors (Lipinski definition) is 4. The molecule has 0 saturated carbocycles. The number of nitrogens with zero attached hydrogens (tertiary/aromatic N) is 3. The molecule has 2 heterocycles. The molecule has 1 aliphatic rings. The van der Waals surface area contributed by atoms with Crippen molar-refractivity contribution in [3.63, 3.8) is 0 Å². The first-order chi connectivity index (χ1) is 8.74. The van der Waals surface area contributed by atoms with Crippen molar-refractivity contribution in [3.05, 3.63) is 17.5 Å². The van der Waals surface area contributed by atoms with E-state index < -0.39 is 0 Å². The van der Waals surface area contributed by atoms with Crippen molar-refractivity contribution >= 4 is 5.97 Å². The molecule has 0 spiro atoms. The Morgan fingerprint density at radius 1 is 1.61 bits per heavy atom. The molecule has 18 heavy (non-hydrogen) atoms. The second kappa shape index (κ2) is 5.95. The molecule has 100 valence electrons. The molecule has 0 bridgehead atoms. The van der Waals surface area contributed by atoms with Crippen molar-refractivity contribution < 1.29 is 13.9 Å². The number of rotatable bonds is 5. The van der Waals surface area contributed by atoms with E-state index in [-0.39, 0.29) is 12.6 Å². The SMILES string of the molecule is CCOC(=O)c1cc2n(n1)CN(CCCF)CC2. The lowest BCUT2D eigenvalue weighted by Gasteiger charge is -2.27. The van der Waals surface area contributed by atoms with E-state index in [1.165, 1.54) is 0 Å². The van der Waals surface area contributed by atoms with Gasteiger partial charge in [0.15, 0.2) is 5.69 Å². The van der Waals surface area contributed by atoms with Crippen molar-refractivity contribution in [2.75, 3.05) is 26.4 Å². The van der Waals surface area contributed by atoms with E-state index in [4.69, 9.17) is 4.74 Å². The fraction of sp³-hybridized carbons (Fsp3) is 0.667. The maximum Gasteiger partial charge on any atom is 0.358 e. The highest BCUT2D eigenvalue weighted by Crippen LogP contribution is 2.14. The summed E-state index contributed by atoms with van der Waals surface area (Å²) in [7, 11) is 0. The summed E-state index contributed by atoms with van der Waals surface area (Å²) in [4.78, 5) is 13.7.